The van der Waals surface area contributed by atoms with Crippen molar-refractivity contribution in [3.05, 3.63) is 23.9 Å². The van der Waals surface area contributed by atoms with E-state index in [4.69, 9.17) is 4.98 Å². The zero-order valence-corrected chi connectivity index (χ0v) is 13.8. The average Bonchev–Trinajstić information content (AvgIpc) is 2.67. The molecule has 0 radical (unpaired) electrons. The van der Waals surface area contributed by atoms with Gasteiger partial charge in [-0.1, -0.05) is 19.9 Å². The largest absolute Gasteiger partial charge is 0.370 e. The van der Waals surface area contributed by atoms with Crippen LogP contribution in [0, 0.1) is 0 Å². The van der Waals surface area contributed by atoms with Crippen LogP contribution in [-0.4, -0.2) is 54.1 Å². The van der Waals surface area contributed by atoms with Crippen molar-refractivity contribution >= 4 is 5.82 Å². The van der Waals surface area contributed by atoms with Crippen molar-refractivity contribution < 1.29 is 0 Å². The van der Waals surface area contributed by atoms with E-state index in [1.807, 2.05) is 0 Å². The number of anilines is 1. The highest BCUT2D eigenvalue weighted by Crippen LogP contribution is 2.16. The number of pyridine rings is 1. The first kappa shape index (κ1) is 16.2. The van der Waals surface area contributed by atoms with Gasteiger partial charge < -0.3 is 10.2 Å². The lowest BCUT2D eigenvalue weighted by molar-refractivity contribution is 0.174. The fraction of sp³-hybridized carbons (Fsp3) is 0.706. The van der Waals surface area contributed by atoms with E-state index < -0.39 is 0 Å². The molecule has 1 fully saturated rings. The Morgan fingerprint density at radius 1 is 1.29 bits per heavy atom. The molecule has 0 bridgehead atoms. The van der Waals surface area contributed by atoms with Crippen molar-refractivity contribution in [1.29, 1.82) is 0 Å². The number of hydrogen-bond donors (Lipinski definition) is 1. The predicted molar refractivity (Wildman–Crippen MR) is 89.6 cm³/mol. The molecule has 21 heavy (non-hydrogen) atoms. The molecule has 118 valence electrons. The van der Waals surface area contributed by atoms with Gasteiger partial charge in [0.25, 0.3) is 0 Å². The quantitative estimate of drug-likeness (QED) is 0.873. The Morgan fingerprint density at radius 2 is 2.14 bits per heavy atom. The molecule has 1 aromatic rings. The van der Waals surface area contributed by atoms with Gasteiger partial charge in [-0.2, -0.15) is 0 Å². The van der Waals surface area contributed by atoms with E-state index in [9.17, 15) is 0 Å². The Labute approximate surface area is 129 Å². The van der Waals surface area contributed by atoms with Crippen LogP contribution in [0.3, 0.4) is 0 Å². The fourth-order valence-electron chi connectivity index (χ4n) is 3.02. The van der Waals surface area contributed by atoms with Crippen LogP contribution in [0.2, 0.25) is 0 Å². The maximum Gasteiger partial charge on any atom is 0.126 e. The third-order valence-corrected chi connectivity index (χ3v) is 4.22. The summed E-state index contributed by atoms with van der Waals surface area (Å²) in [6, 6.07) is 6.97. The van der Waals surface area contributed by atoms with E-state index in [0.29, 0.717) is 6.04 Å². The molecule has 1 unspecified atom stereocenters. The molecule has 1 saturated heterocycles. The predicted octanol–water partition coefficient (Wildman–Crippen LogP) is 2.82. The SMILES string of the molecule is CCCNc1cccc(CN2CCCN(C)CC2CC)n1. The van der Waals surface area contributed by atoms with Gasteiger partial charge in [0.05, 0.1) is 5.69 Å². The Hall–Kier alpha value is -1.13. The van der Waals surface area contributed by atoms with Crippen molar-refractivity contribution in [2.45, 2.75) is 45.7 Å². The first-order chi connectivity index (χ1) is 10.2. The summed E-state index contributed by atoms with van der Waals surface area (Å²) >= 11 is 0. The van der Waals surface area contributed by atoms with Gasteiger partial charge in [-0.05, 0) is 45.0 Å². The van der Waals surface area contributed by atoms with Crippen LogP contribution >= 0.6 is 0 Å². The van der Waals surface area contributed by atoms with Gasteiger partial charge in [0, 0.05) is 32.2 Å². The molecule has 0 spiro atoms. The molecule has 0 aliphatic carbocycles. The lowest BCUT2D eigenvalue weighted by Crippen LogP contribution is -2.39. The number of rotatable bonds is 6. The fourth-order valence-corrected chi connectivity index (χ4v) is 3.02. The van der Waals surface area contributed by atoms with Gasteiger partial charge in [0.1, 0.15) is 5.82 Å². The first-order valence-electron chi connectivity index (χ1n) is 8.35. The highest BCUT2D eigenvalue weighted by molar-refractivity contribution is 5.35. The van der Waals surface area contributed by atoms with Crippen LogP contribution in [0.1, 0.15) is 38.8 Å². The summed E-state index contributed by atoms with van der Waals surface area (Å²) in [6.07, 6.45) is 3.58. The van der Waals surface area contributed by atoms with Crippen LogP contribution < -0.4 is 5.32 Å². The van der Waals surface area contributed by atoms with Crippen LogP contribution in [0.25, 0.3) is 0 Å². The lowest BCUT2D eigenvalue weighted by atomic mass is 10.1. The van der Waals surface area contributed by atoms with Crippen molar-refractivity contribution in [2.24, 2.45) is 0 Å². The van der Waals surface area contributed by atoms with E-state index in [-0.39, 0.29) is 0 Å². The molecular weight excluding hydrogens is 260 g/mol. The lowest BCUT2D eigenvalue weighted by Gasteiger charge is -2.29. The topological polar surface area (TPSA) is 31.4 Å². The summed E-state index contributed by atoms with van der Waals surface area (Å²) in [4.78, 5) is 9.82. The second-order valence-electron chi connectivity index (χ2n) is 6.09. The van der Waals surface area contributed by atoms with Gasteiger partial charge in [0.2, 0.25) is 0 Å². The van der Waals surface area contributed by atoms with Crippen molar-refractivity contribution in [3.8, 4) is 0 Å². The van der Waals surface area contributed by atoms with Gasteiger partial charge in [0.15, 0.2) is 0 Å². The smallest absolute Gasteiger partial charge is 0.126 e. The number of aromatic nitrogens is 1. The van der Waals surface area contributed by atoms with E-state index in [2.05, 4.69) is 54.2 Å². The maximum absolute atomic E-state index is 4.76. The molecule has 1 aromatic heterocycles. The maximum atomic E-state index is 4.76. The normalized spacial score (nSPS) is 21.2. The summed E-state index contributed by atoms with van der Waals surface area (Å²) in [5.41, 5.74) is 1.18. The minimum Gasteiger partial charge on any atom is -0.370 e. The molecule has 2 rings (SSSR count). The van der Waals surface area contributed by atoms with Crippen molar-refractivity contribution in [3.63, 3.8) is 0 Å². The van der Waals surface area contributed by atoms with Crippen LogP contribution in [0.15, 0.2) is 18.2 Å². The van der Waals surface area contributed by atoms with Gasteiger partial charge in [-0.3, -0.25) is 4.90 Å². The summed E-state index contributed by atoms with van der Waals surface area (Å²) in [5, 5.41) is 3.38. The minimum absolute atomic E-state index is 0.645. The average molecular weight is 290 g/mol. The van der Waals surface area contributed by atoms with Crippen molar-refractivity contribution in [2.75, 3.05) is 38.5 Å². The molecule has 4 nitrogen and oxygen atoms in total. The highest BCUT2D eigenvalue weighted by Gasteiger charge is 2.22. The number of nitrogens with one attached hydrogen (secondary N) is 1. The van der Waals surface area contributed by atoms with E-state index in [1.165, 1.54) is 38.2 Å². The third-order valence-electron chi connectivity index (χ3n) is 4.22. The Morgan fingerprint density at radius 3 is 2.90 bits per heavy atom. The monoisotopic (exact) mass is 290 g/mol. The first-order valence-corrected chi connectivity index (χ1v) is 8.35. The third kappa shape index (κ3) is 4.97. The highest BCUT2D eigenvalue weighted by atomic mass is 15.2. The van der Waals surface area contributed by atoms with Crippen LogP contribution in [-0.2, 0) is 6.54 Å². The molecule has 1 N–H and O–H groups in total. The van der Waals surface area contributed by atoms with E-state index >= 15 is 0 Å². The van der Waals surface area contributed by atoms with E-state index in [0.717, 1.165) is 25.3 Å². The van der Waals surface area contributed by atoms with Crippen LogP contribution in [0.4, 0.5) is 5.82 Å². The zero-order chi connectivity index (χ0) is 15.1. The second kappa shape index (κ2) is 8.35. The minimum atomic E-state index is 0.645. The zero-order valence-electron chi connectivity index (χ0n) is 13.8. The Balaban J connectivity index is 2.01. The summed E-state index contributed by atoms with van der Waals surface area (Å²) in [6.45, 7) is 9.98. The number of nitrogens with zero attached hydrogens (tertiary/aromatic N) is 3. The molecule has 2 heterocycles. The summed E-state index contributed by atoms with van der Waals surface area (Å²) in [7, 11) is 2.24. The Bertz CT molecular complexity index is 421. The van der Waals surface area contributed by atoms with Gasteiger partial charge in [-0.15, -0.1) is 0 Å². The summed E-state index contributed by atoms with van der Waals surface area (Å²) < 4.78 is 0. The molecule has 4 heteroatoms. The number of hydrogen-bond acceptors (Lipinski definition) is 4. The van der Waals surface area contributed by atoms with Crippen molar-refractivity contribution in [1.82, 2.24) is 14.8 Å². The molecule has 0 saturated carbocycles. The molecule has 1 aliphatic heterocycles. The molecular formula is C17H30N4. The van der Waals surface area contributed by atoms with Gasteiger partial charge >= 0.3 is 0 Å². The van der Waals surface area contributed by atoms with Crippen LogP contribution in [0.5, 0.6) is 0 Å². The van der Waals surface area contributed by atoms with E-state index in [1.54, 1.807) is 0 Å². The second-order valence-corrected chi connectivity index (χ2v) is 6.09. The molecule has 1 atom stereocenters. The molecule has 0 amide bonds. The number of likely N-dealkylation sites (N-methyl/N-ethyl adjacent to an activating group) is 1. The molecule has 1 aliphatic rings. The van der Waals surface area contributed by atoms with Gasteiger partial charge in [-0.25, -0.2) is 4.98 Å². The molecule has 0 aromatic carbocycles. The summed E-state index contributed by atoms with van der Waals surface area (Å²) in [5.74, 6) is 1.01. The standard InChI is InChI=1S/C17H30N4/c1-4-10-18-17-9-6-8-15(19-17)13-21-12-7-11-20(3)14-16(21)5-2/h6,8-9,16H,4-5,7,10-14H2,1-3H3,(H,18,19). The Kier molecular flexibility index (Phi) is 6.46.